The number of anilines is 1. The van der Waals surface area contributed by atoms with Crippen molar-refractivity contribution in [2.24, 2.45) is 0 Å². The van der Waals surface area contributed by atoms with E-state index >= 15 is 0 Å². The van der Waals surface area contributed by atoms with Crippen LogP contribution in [-0.4, -0.2) is 55.4 Å². The summed E-state index contributed by atoms with van der Waals surface area (Å²) in [6.07, 6.45) is 6.52. The van der Waals surface area contributed by atoms with E-state index in [-0.39, 0.29) is 17.5 Å². The van der Waals surface area contributed by atoms with Gasteiger partial charge < -0.3 is 19.1 Å². The molecule has 2 aliphatic rings. The smallest absolute Gasteiger partial charge is 0.170 e. The standard InChI is InChI=1S/C28H32FN3O3/c1-31-11-2-4-20-16-22(17-21(28(20)31)5-3-15-33)25(34)10-14-32-12-8-19(9-13-32)27-24-7-6-23(29)18-26(24)35-30-27/h6-7,15-19H,2-5,8-14H2,1H3. The van der Waals surface area contributed by atoms with Crippen molar-refractivity contribution in [2.45, 2.75) is 50.9 Å². The van der Waals surface area contributed by atoms with Gasteiger partial charge in [-0.2, -0.15) is 0 Å². The maximum Gasteiger partial charge on any atom is 0.170 e. The first-order valence-electron chi connectivity index (χ1n) is 12.6. The molecular weight excluding hydrogens is 445 g/mol. The molecule has 3 aromatic rings. The number of aromatic nitrogens is 1. The minimum absolute atomic E-state index is 0.167. The fraction of sp³-hybridized carbons (Fsp3) is 0.464. The fourth-order valence-electron chi connectivity index (χ4n) is 5.68. The van der Waals surface area contributed by atoms with Crippen LogP contribution in [0.2, 0.25) is 0 Å². The molecule has 0 radical (unpaired) electrons. The summed E-state index contributed by atoms with van der Waals surface area (Å²) in [5.74, 6) is 0.133. The number of Topliss-reactive ketones (excluding diaryl/α,β-unsaturated/α-hetero) is 1. The second-order valence-electron chi connectivity index (χ2n) is 9.87. The van der Waals surface area contributed by atoms with E-state index in [0.29, 0.717) is 24.8 Å². The van der Waals surface area contributed by atoms with E-state index in [2.05, 4.69) is 28.1 Å². The third-order valence-electron chi connectivity index (χ3n) is 7.53. The molecule has 3 heterocycles. The minimum atomic E-state index is -0.318. The van der Waals surface area contributed by atoms with Gasteiger partial charge in [0.25, 0.3) is 0 Å². The topological polar surface area (TPSA) is 66.7 Å². The number of ketones is 1. The normalized spacial score (nSPS) is 17.0. The van der Waals surface area contributed by atoms with Crippen molar-refractivity contribution in [3.05, 3.63) is 58.5 Å². The van der Waals surface area contributed by atoms with Crippen LogP contribution in [0, 0.1) is 5.82 Å². The Morgan fingerprint density at radius 2 is 2.03 bits per heavy atom. The third-order valence-corrected chi connectivity index (χ3v) is 7.53. The maximum atomic E-state index is 13.5. The highest BCUT2D eigenvalue weighted by atomic mass is 19.1. The number of likely N-dealkylation sites (tertiary alicyclic amines) is 1. The number of aryl methyl sites for hydroxylation is 2. The monoisotopic (exact) mass is 477 g/mol. The van der Waals surface area contributed by atoms with Crippen LogP contribution in [0.15, 0.2) is 34.9 Å². The molecule has 0 bridgehead atoms. The van der Waals surface area contributed by atoms with E-state index in [1.54, 1.807) is 6.07 Å². The number of hydrogen-bond donors (Lipinski definition) is 0. The van der Waals surface area contributed by atoms with Gasteiger partial charge in [0.2, 0.25) is 0 Å². The lowest BCUT2D eigenvalue weighted by atomic mass is 9.90. The van der Waals surface area contributed by atoms with Crippen LogP contribution in [0.3, 0.4) is 0 Å². The fourth-order valence-corrected chi connectivity index (χ4v) is 5.68. The Bertz CT molecular complexity index is 1230. The van der Waals surface area contributed by atoms with Crippen molar-refractivity contribution in [3.63, 3.8) is 0 Å². The van der Waals surface area contributed by atoms with Crippen LogP contribution in [0.5, 0.6) is 0 Å². The number of benzene rings is 2. The van der Waals surface area contributed by atoms with Gasteiger partial charge in [0.15, 0.2) is 11.4 Å². The Morgan fingerprint density at radius 3 is 2.83 bits per heavy atom. The van der Waals surface area contributed by atoms with Crippen molar-refractivity contribution < 1.29 is 18.5 Å². The summed E-state index contributed by atoms with van der Waals surface area (Å²) in [5, 5.41) is 5.12. The number of piperidine rings is 1. The minimum Gasteiger partial charge on any atom is -0.374 e. The van der Waals surface area contributed by atoms with Gasteiger partial charge in [0, 0.05) is 61.6 Å². The van der Waals surface area contributed by atoms with Gasteiger partial charge in [-0.1, -0.05) is 5.16 Å². The molecule has 35 heavy (non-hydrogen) atoms. The molecule has 0 amide bonds. The number of rotatable bonds is 8. The lowest BCUT2D eigenvalue weighted by Crippen LogP contribution is -2.34. The van der Waals surface area contributed by atoms with Gasteiger partial charge in [-0.25, -0.2) is 4.39 Å². The predicted molar refractivity (Wildman–Crippen MR) is 134 cm³/mol. The molecule has 1 saturated heterocycles. The van der Waals surface area contributed by atoms with Crippen molar-refractivity contribution in [2.75, 3.05) is 38.1 Å². The molecule has 0 unspecified atom stereocenters. The molecular formula is C28H32FN3O3. The van der Waals surface area contributed by atoms with Gasteiger partial charge in [-0.15, -0.1) is 0 Å². The number of aldehydes is 1. The zero-order valence-corrected chi connectivity index (χ0v) is 20.3. The molecule has 184 valence electrons. The second-order valence-corrected chi connectivity index (χ2v) is 9.87. The number of carbonyl (C=O) groups is 2. The first-order chi connectivity index (χ1) is 17.0. The largest absolute Gasteiger partial charge is 0.374 e. The summed E-state index contributed by atoms with van der Waals surface area (Å²) in [6.45, 7) is 3.53. The summed E-state index contributed by atoms with van der Waals surface area (Å²) < 4.78 is 18.8. The summed E-state index contributed by atoms with van der Waals surface area (Å²) in [5.41, 5.74) is 5.73. The Morgan fingerprint density at radius 1 is 1.20 bits per heavy atom. The number of fused-ring (bicyclic) bond motifs is 2. The highest BCUT2D eigenvalue weighted by Gasteiger charge is 2.26. The lowest BCUT2D eigenvalue weighted by Gasteiger charge is -2.31. The van der Waals surface area contributed by atoms with Crippen LogP contribution < -0.4 is 4.90 Å². The molecule has 0 aliphatic carbocycles. The van der Waals surface area contributed by atoms with Gasteiger partial charge in [-0.05, 0) is 80.6 Å². The summed E-state index contributed by atoms with van der Waals surface area (Å²) in [7, 11) is 2.09. The highest BCUT2D eigenvalue weighted by Crippen LogP contribution is 2.34. The Balaban J connectivity index is 1.20. The van der Waals surface area contributed by atoms with Gasteiger partial charge in [0.1, 0.15) is 12.1 Å². The van der Waals surface area contributed by atoms with E-state index in [1.165, 1.54) is 23.4 Å². The first-order valence-corrected chi connectivity index (χ1v) is 12.6. The molecule has 0 spiro atoms. The molecule has 6 nitrogen and oxygen atoms in total. The number of nitrogens with zero attached hydrogens (tertiary/aromatic N) is 3. The molecule has 0 N–H and O–H groups in total. The van der Waals surface area contributed by atoms with Crippen molar-refractivity contribution in [1.82, 2.24) is 10.1 Å². The van der Waals surface area contributed by atoms with Crippen LogP contribution in [0.4, 0.5) is 10.1 Å². The van der Waals surface area contributed by atoms with Crippen LogP contribution in [-0.2, 0) is 17.6 Å². The quantitative estimate of drug-likeness (QED) is 0.338. The molecule has 1 aromatic heterocycles. The van der Waals surface area contributed by atoms with E-state index in [1.807, 2.05) is 6.07 Å². The maximum absolute atomic E-state index is 13.5. The first kappa shape index (κ1) is 23.7. The summed E-state index contributed by atoms with van der Waals surface area (Å²) >= 11 is 0. The molecule has 7 heteroatoms. The van der Waals surface area contributed by atoms with E-state index in [0.717, 1.165) is 80.4 Å². The van der Waals surface area contributed by atoms with Crippen LogP contribution >= 0.6 is 0 Å². The van der Waals surface area contributed by atoms with Crippen molar-refractivity contribution in [1.29, 1.82) is 0 Å². The molecule has 2 aliphatic heterocycles. The lowest BCUT2D eigenvalue weighted by molar-refractivity contribution is -0.107. The van der Waals surface area contributed by atoms with E-state index in [9.17, 15) is 14.0 Å². The Labute approximate surface area is 205 Å². The van der Waals surface area contributed by atoms with Gasteiger partial charge in [-0.3, -0.25) is 4.79 Å². The number of hydrogen-bond acceptors (Lipinski definition) is 6. The predicted octanol–water partition coefficient (Wildman–Crippen LogP) is 4.93. The Hall–Kier alpha value is -3.06. The average Bonchev–Trinajstić information content (AvgIpc) is 3.29. The van der Waals surface area contributed by atoms with Crippen molar-refractivity contribution in [3.8, 4) is 0 Å². The van der Waals surface area contributed by atoms with Gasteiger partial charge >= 0.3 is 0 Å². The van der Waals surface area contributed by atoms with E-state index < -0.39 is 0 Å². The molecule has 1 fully saturated rings. The molecule has 2 aromatic carbocycles. The average molecular weight is 478 g/mol. The molecule has 0 atom stereocenters. The van der Waals surface area contributed by atoms with E-state index in [4.69, 9.17) is 4.52 Å². The number of carbonyl (C=O) groups excluding carboxylic acids is 2. The zero-order chi connectivity index (χ0) is 24.4. The summed E-state index contributed by atoms with van der Waals surface area (Å²) in [4.78, 5) is 28.7. The highest BCUT2D eigenvalue weighted by molar-refractivity contribution is 5.97. The zero-order valence-electron chi connectivity index (χ0n) is 20.3. The molecule has 0 saturated carbocycles. The SMILES string of the molecule is CN1CCCc2cc(C(=O)CCN3CCC(c4noc5cc(F)ccc45)CC3)cc(CCC=O)c21. The van der Waals surface area contributed by atoms with Crippen molar-refractivity contribution >= 4 is 28.7 Å². The van der Waals surface area contributed by atoms with Crippen LogP contribution in [0.1, 0.15) is 65.2 Å². The second kappa shape index (κ2) is 10.3. The Kier molecular flexibility index (Phi) is 6.95. The van der Waals surface area contributed by atoms with Crippen LogP contribution in [0.25, 0.3) is 11.0 Å². The molecule has 5 rings (SSSR count). The summed E-state index contributed by atoms with van der Waals surface area (Å²) in [6, 6.07) is 8.67. The van der Waals surface area contributed by atoms with Gasteiger partial charge in [0.05, 0.1) is 5.69 Å². The number of halogens is 1. The third kappa shape index (κ3) is 5.01.